The minimum atomic E-state index is -4.13. The Labute approximate surface area is 242 Å². The van der Waals surface area contributed by atoms with Crippen molar-refractivity contribution in [2.45, 2.75) is 24.3 Å². The van der Waals surface area contributed by atoms with E-state index < -0.39 is 21.6 Å². The molecule has 0 saturated heterocycles. The highest BCUT2D eigenvalue weighted by Gasteiger charge is 2.27. The largest absolute Gasteiger partial charge is 0.508 e. The molecule has 0 radical (unpaired) electrons. The standard InChI is InChI=1S/C31H27N5O5S/c1-21(37)33-24-14-16-26(17-15-24)42(40,41)35-29(19-22-8-3-2-4-9-22)30-34-28-13-6-5-12-27(28)31(39)36(30)32-20-23-10-7-11-25(38)18-23/h2-18,20,29,35,38H,19H2,1H3,(H,33,37)/b32-20+. The van der Waals surface area contributed by atoms with Gasteiger partial charge in [0.1, 0.15) is 5.75 Å². The molecule has 0 aliphatic heterocycles. The van der Waals surface area contributed by atoms with E-state index in [1.807, 2.05) is 30.3 Å². The van der Waals surface area contributed by atoms with Crippen LogP contribution in [0.25, 0.3) is 10.9 Å². The number of para-hydroxylation sites is 1. The average Bonchev–Trinajstić information content (AvgIpc) is 2.97. The van der Waals surface area contributed by atoms with Crippen molar-refractivity contribution in [3.8, 4) is 5.75 Å². The summed E-state index contributed by atoms with van der Waals surface area (Å²) in [5.41, 5.74) is 1.69. The molecule has 4 aromatic carbocycles. The highest BCUT2D eigenvalue weighted by molar-refractivity contribution is 7.89. The number of amides is 1. The number of nitrogens with zero attached hydrogens (tertiary/aromatic N) is 3. The van der Waals surface area contributed by atoms with Gasteiger partial charge in [-0.2, -0.15) is 9.78 Å². The fourth-order valence-electron chi connectivity index (χ4n) is 4.42. The smallest absolute Gasteiger partial charge is 0.282 e. The van der Waals surface area contributed by atoms with E-state index in [0.29, 0.717) is 22.2 Å². The van der Waals surface area contributed by atoms with Crippen LogP contribution in [0.4, 0.5) is 5.69 Å². The van der Waals surface area contributed by atoms with Gasteiger partial charge in [0, 0.05) is 12.6 Å². The summed E-state index contributed by atoms with van der Waals surface area (Å²) in [5.74, 6) is -0.168. The number of aromatic nitrogens is 2. The van der Waals surface area contributed by atoms with Crippen LogP contribution >= 0.6 is 0 Å². The van der Waals surface area contributed by atoms with Crippen molar-refractivity contribution in [1.29, 1.82) is 0 Å². The Morgan fingerprint density at radius 1 is 0.976 bits per heavy atom. The zero-order chi connectivity index (χ0) is 29.7. The second kappa shape index (κ2) is 12.2. The number of sulfonamides is 1. The maximum Gasteiger partial charge on any atom is 0.282 e. The van der Waals surface area contributed by atoms with Crippen molar-refractivity contribution >= 4 is 38.7 Å². The highest BCUT2D eigenvalue weighted by atomic mass is 32.2. The lowest BCUT2D eigenvalue weighted by atomic mass is 10.1. The highest BCUT2D eigenvalue weighted by Crippen LogP contribution is 2.23. The van der Waals surface area contributed by atoms with Crippen LogP contribution in [0.15, 0.2) is 118 Å². The molecule has 5 aromatic rings. The summed E-state index contributed by atoms with van der Waals surface area (Å²) in [4.78, 5) is 29.8. The number of fused-ring (bicyclic) bond motifs is 1. The summed E-state index contributed by atoms with van der Waals surface area (Å²) < 4.78 is 31.1. The zero-order valence-electron chi connectivity index (χ0n) is 22.5. The van der Waals surface area contributed by atoms with Gasteiger partial charge in [-0.1, -0.05) is 54.6 Å². The van der Waals surface area contributed by atoms with Crippen LogP contribution in [0.1, 0.15) is 29.9 Å². The normalized spacial score (nSPS) is 12.4. The van der Waals surface area contributed by atoms with Crippen LogP contribution in [0.3, 0.4) is 0 Å². The minimum Gasteiger partial charge on any atom is -0.508 e. The van der Waals surface area contributed by atoms with Gasteiger partial charge in [-0.25, -0.2) is 18.1 Å². The van der Waals surface area contributed by atoms with Gasteiger partial charge in [0.15, 0.2) is 5.82 Å². The number of aromatic hydroxyl groups is 1. The Morgan fingerprint density at radius 3 is 2.40 bits per heavy atom. The predicted octanol–water partition coefficient (Wildman–Crippen LogP) is 4.21. The summed E-state index contributed by atoms with van der Waals surface area (Å²) in [6.07, 6.45) is 1.56. The van der Waals surface area contributed by atoms with Gasteiger partial charge in [0.05, 0.1) is 28.1 Å². The van der Waals surface area contributed by atoms with Crippen molar-refractivity contribution in [2.24, 2.45) is 5.10 Å². The maximum absolute atomic E-state index is 13.7. The summed E-state index contributed by atoms with van der Waals surface area (Å²) in [6.45, 7) is 1.36. The number of phenolic OH excluding ortho intramolecular Hbond substituents is 1. The Hall–Kier alpha value is -5.13. The monoisotopic (exact) mass is 581 g/mol. The van der Waals surface area contributed by atoms with E-state index in [4.69, 9.17) is 4.98 Å². The number of benzene rings is 4. The Bertz CT molecular complexity index is 1940. The lowest BCUT2D eigenvalue weighted by Crippen LogP contribution is -2.35. The molecule has 212 valence electrons. The Morgan fingerprint density at radius 2 is 1.69 bits per heavy atom. The number of carbonyl (C=O) groups excluding carboxylic acids is 1. The van der Waals surface area contributed by atoms with Gasteiger partial charge in [-0.15, -0.1) is 0 Å². The summed E-state index contributed by atoms with van der Waals surface area (Å²) >= 11 is 0. The molecular weight excluding hydrogens is 554 g/mol. The van der Waals surface area contributed by atoms with Gasteiger partial charge in [0.25, 0.3) is 5.56 Å². The van der Waals surface area contributed by atoms with Crippen LogP contribution in [-0.2, 0) is 21.2 Å². The maximum atomic E-state index is 13.7. The Balaban J connectivity index is 1.63. The van der Waals surface area contributed by atoms with Crippen LogP contribution < -0.4 is 15.6 Å². The molecule has 11 heteroatoms. The summed E-state index contributed by atoms with van der Waals surface area (Å²) in [5, 5.41) is 17.2. The molecule has 1 heterocycles. The predicted molar refractivity (Wildman–Crippen MR) is 161 cm³/mol. The number of anilines is 1. The fourth-order valence-corrected chi connectivity index (χ4v) is 5.61. The molecule has 1 unspecified atom stereocenters. The van der Waals surface area contributed by atoms with Crippen LogP contribution in [-0.4, -0.2) is 35.3 Å². The molecule has 0 fully saturated rings. The molecule has 10 nitrogen and oxygen atoms in total. The number of carbonyl (C=O) groups is 1. The lowest BCUT2D eigenvalue weighted by molar-refractivity contribution is -0.114. The van der Waals surface area contributed by atoms with Crippen LogP contribution in [0.5, 0.6) is 5.75 Å². The van der Waals surface area contributed by atoms with E-state index >= 15 is 0 Å². The van der Waals surface area contributed by atoms with E-state index in [-0.39, 0.29) is 28.8 Å². The molecule has 0 spiro atoms. The number of nitrogens with one attached hydrogen (secondary N) is 2. The van der Waals surface area contributed by atoms with Crippen molar-refractivity contribution in [3.63, 3.8) is 0 Å². The van der Waals surface area contributed by atoms with Crippen molar-refractivity contribution < 1.29 is 18.3 Å². The van der Waals surface area contributed by atoms with E-state index in [9.17, 15) is 23.1 Å². The molecule has 5 rings (SSSR count). The molecule has 3 N–H and O–H groups in total. The van der Waals surface area contributed by atoms with Crippen molar-refractivity contribution in [1.82, 2.24) is 14.4 Å². The van der Waals surface area contributed by atoms with Gasteiger partial charge >= 0.3 is 0 Å². The summed E-state index contributed by atoms with van der Waals surface area (Å²) in [7, 11) is -4.13. The molecule has 1 amide bonds. The quantitative estimate of drug-likeness (QED) is 0.223. The average molecular weight is 582 g/mol. The van der Waals surface area contributed by atoms with Crippen molar-refractivity contribution in [3.05, 3.63) is 130 Å². The third kappa shape index (κ3) is 6.60. The first-order chi connectivity index (χ1) is 20.2. The molecule has 0 aliphatic rings. The second-order valence-corrected chi connectivity index (χ2v) is 11.2. The fraction of sp³-hybridized carbons (Fsp3) is 0.0968. The molecular formula is C31H27N5O5S. The third-order valence-corrected chi connectivity index (χ3v) is 7.84. The topological polar surface area (TPSA) is 143 Å². The molecule has 0 bridgehead atoms. The molecule has 0 aliphatic carbocycles. The first kappa shape index (κ1) is 28.4. The van der Waals surface area contributed by atoms with Gasteiger partial charge in [0.2, 0.25) is 15.9 Å². The zero-order valence-corrected chi connectivity index (χ0v) is 23.3. The number of phenols is 1. The van der Waals surface area contributed by atoms with Crippen molar-refractivity contribution in [2.75, 3.05) is 5.32 Å². The molecule has 42 heavy (non-hydrogen) atoms. The minimum absolute atomic E-state index is 0.0300. The second-order valence-electron chi connectivity index (χ2n) is 9.51. The Kier molecular flexibility index (Phi) is 8.23. The van der Waals surface area contributed by atoms with E-state index in [0.717, 1.165) is 10.2 Å². The first-order valence-electron chi connectivity index (χ1n) is 13.0. The molecule has 1 aromatic heterocycles. The van der Waals surface area contributed by atoms with Gasteiger partial charge in [-0.05, 0) is 66.1 Å². The molecule has 0 saturated carbocycles. The third-order valence-electron chi connectivity index (χ3n) is 6.35. The van der Waals surface area contributed by atoms with Crippen LogP contribution in [0, 0.1) is 0 Å². The van der Waals surface area contributed by atoms with Gasteiger partial charge < -0.3 is 10.4 Å². The van der Waals surface area contributed by atoms with E-state index in [1.54, 1.807) is 36.4 Å². The number of hydrogen-bond acceptors (Lipinski definition) is 7. The summed E-state index contributed by atoms with van der Waals surface area (Å²) in [6, 6.07) is 27.1. The van der Waals surface area contributed by atoms with E-state index in [2.05, 4.69) is 15.1 Å². The van der Waals surface area contributed by atoms with Crippen LogP contribution in [0.2, 0.25) is 0 Å². The lowest BCUT2D eigenvalue weighted by Gasteiger charge is -2.21. The van der Waals surface area contributed by atoms with E-state index in [1.165, 1.54) is 49.5 Å². The first-order valence-corrected chi connectivity index (χ1v) is 14.5. The van der Waals surface area contributed by atoms with Gasteiger partial charge in [-0.3, -0.25) is 9.59 Å². The number of rotatable bonds is 9. The SMILES string of the molecule is CC(=O)Nc1ccc(S(=O)(=O)NC(Cc2ccccc2)c2nc3ccccc3c(=O)n2/N=C/c2cccc(O)c2)cc1. The molecule has 1 atom stereocenters. The number of hydrogen-bond donors (Lipinski definition) is 3.